The highest BCUT2D eigenvalue weighted by atomic mass is 16.5. The standard InChI is InChI=1S/C33H39N13O4/c1-42-11-13-43(14-12-42)10-6-9-34-31(48)25-19-24(37-38-25)28-29-27(26(50-2)21-36-28)23(20-35-29)30(47)32(49)44-15-17-45(18-16-44)33-39-40-41-46(33)22-7-4-3-5-8-22/h3-5,7-8,19-21,35H,6,9-18H2,1-2H3,(H,34,48)(H,37,38). The molecule has 0 bridgehead atoms. The molecule has 17 heteroatoms. The number of hydrogen-bond acceptors (Lipinski definition) is 12. The molecule has 50 heavy (non-hydrogen) atoms. The molecule has 2 aliphatic rings. The second kappa shape index (κ2) is 14.4. The van der Waals surface area contributed by atoms with Gasteiger partial charge in [0.2, 0.25) is 5.95 Å². The zero-order valence-corrected chi connectivity index (χ0v) is 28.0. The van der Waals surface area contributed by atoms with E-state index in [1.807, 2.05) is 35.2 Å². The molecule has 0 aliphatic carbocycles. The molecular formula is C33H39N13O4. The number of pyridine rings is 1. The number of nitrogens with one attached hydrogen (secondary N) is 3. The van der Waals surface area contributed by atoms with Crippen LogP contribution < -0.4 is 15.0 Å². The Labute approximate surface area is 287 Å². The van der Waals surface area contributed by atoms with Crippen LogP contribution in [0.2, 0.25) is 0 Å². The minimum absolute atomic E-state index is 0.162. The van der Waals surface area contributed by atoms with Gasteiger partial charge in [-0.05, 0) is 48.6 Å². The monoisotopic (exact) mass is 681 g/mol. The fourth-order valence-corrected chi connectivity index (χ4v) is 6.36. The first-order valence-corrected chi connectivity index (χ1v) is 16.6. The highest BCUT2D eigenvalue weighted by Crippen LogP contribution is 2.34. The number of nitrogens with zero attached hydrogens (tertiary/aromatic N) is 10. The highest BCUT2D eigenvalue weighted by Gasteiger charge is 2.31. The first kappa shape index (κ1) is 32.8. The predicted octanol–water partition coefficient (Wildman–Crippen LogP) is 0.836. The number of hydrogen-bond donors (Lipinski definition) is 3. The van der Waals surface area contributed by atoms with E-state index in [1.165, 1.54) is 24.4 Å². The number of aromatic amines is 2. The van der Waals surface area contributed by atoms with E-state index in [2.05, 4.69) is 57.9 Å². The summed E-state index contributed by atoms with van der Waals surface area (Å²) in [4.78, 5) is 56.0. The number of para-hydroxylation sites is 1. The molecule has 17 nitrogen and oxygen atoms in total. The van der Waals surface area contributed by atoms with Crippen molar-refractivity contribution in [2.45, 2.75) is 6.42 Å². The van der Waals surface area contributed by atoms with Crippen molar-refractivity contribution in [2.24, 2.45) is 0 Å². The molecule has 2 amide bonds. The van der Waals surface area contributed by atoms with E-state index in [9.17, 15) is 14.4 Å². The lowest BCUT2D eigenvalue weighted by molar-refractivity contribution is -0.126. The number of benzene rings is 1. The Balaban J connectivity index is 1.01. The van der Waals surface area contributed by atoms with E-state index in [0.717, 1.165) is 44.8 Å². The number of amides is 2. The van der Waals surface area contributed by atoms with Crippen molar-refractivity contribution in [3.05, 3.63) is 60.0 Å². The number of carbonyl (C=O) groups is 3. The van der Waals surface area contributed by atoms with E-state index in [4.69, 9.17) is 4.74 Å². The van der Waals surface area contributed by atoms with Crippen LogP contribution in [-0.2, 0) is 4.79 Å². The molecule has 260 valence electrons. The Kier molecular flexibility index (Phi) is 9.48. The number of H-pyrrole nitrogens is 2. The maximum Gasteiger partial charge on any atom is 0.295 e. The van der Waals surface area contributed by atoms with Gasteiger partial charge in [0.05, 0.1) is 35.5 Å². The van der Waals surface area contributed by atoms with Gasteiger partial charge in [-0.15, -0.1) is 0 Å². The SMILES string of the molecule is COc1cnc(-c2cc(C(=O)NCCCN3CCN(C)CC3)[nH]n2)c2[nH]cc(C(=O)C(=O)N3CCN(c4nnnn4-c4ccccc4)CC3)c12. The first-order valence-electron chi connectivity index (χ1n) is 16.6. The van der Waals surface area contributed by atoms with Gasteiger partial charge >= 0.3 is 0 Å². The maximum absolute atomic E-state index is 13.7. The average Bonchev–Trinajstić information content (AvgIpc) is 3.94. The number of methoxy groups -OCH3 is 1. The summed E-state index contributed by atoms with van der Waals surface area (Å²) >= 11 is 0. The van der Waals surface area contributed by atoms with Gasteiger partial charge in [0.15, 0.2) is 0 Å². The number of rotatable bonds is 11. The first-order chi connectivity index (χ1) is 24.4. The van der Waals surface area contributed by atoms with Crippen LogP contribution in [0.3, 0.4) is 0 Å². The number of Topliss-reactive ketones (excluding diaryl/α,β-unsaturated/α-hetero) is 1. The molecule has 0 saturated carbocycles. The number of anilines is 1. The molecule has 2 saturated heterocycles. The van der Waals surface area contributed by atoms with E-state index in [0.29, 0.717) is 72.4 Å². The number of ether oxygens (including phenoxy) is 1. The lowest BCUT2D eigenvalue weighted by atomic mass is 10.1. The third-order valence-corrected chi connectivity index (χ3v) is 9.23. The quantitative estimate of drug-likeness (QED) is 0.102. The topological polar surface area (TPSA) is 186 Å². The third kappa shape index (κ3) is 6.64. The summed E-state index contributed by atoms with van der Waals surface area (Å²) in [6.45, 7) is 7.18. The van der Waals surface area contributed by atoms with Gasteiger partial charge < -0.3 is 34.6 Å². The van der Waals surface area contributed by atoms with Crippen molar-refractivity contribution in [3.8, 4) is 22.8 Å². The number of fused-ring (bicyclic) bond motifs is 1. The number of piperazine rings is 2. The van der Waals surface area contributed by atoms with E-state index in [-0.39, 0.29) is 11.5 Å². The Morgan fingerprint density at radius 1 is 1.00 bits per heavy atom. The molecule has 2 aliphatic heterocycles. The predicted molar refractivity (Wildman–Crippen MR) is 183 cm³/mol. The smallest absolute Gasteiger partial charge is 0.295 e. The molecule has 0 unspecified atom stereocenters. The summed E-state index contributed by atoms with van der Waals surface area (Å²) in [7, 11) is 3.60. The van der Waals surface area contributed by atoms with E-state index in [1.54, 1.807) is 10.7 Å². The average molecular weight is 682 g/mol. The molecule has 0 spiro atoms. The number of tetrazole rings is 1. The van der Waals surface area contributed by atoms with Gasteiger partial charge in [0.1, 0.15) is 22.8 Å². The van der Waals surface area contributed by atoms with Crippen LogP contribution in [0.25, 0.3) is 28.0 Å². The van der Waals surface area contributed by atoms with Gasteiger partial charge in [-0.1, -0.05) is 23.3 Å². The molecule has 7 rings (SSSR count). The van der Waals surface area contributed by atoms with Crippen molar-refractivity contribution in [1.29, 1.82) is 0 Å². The van der Waals surface area contributed by atoms with Gasteiger partial charge in [-0.2, -0.15) is 9.78 Å². The van der Waals surface area contributed by atoms with Crippen molar-refractivity contribution < 1.29 is 19.1 Å². The second-order valence-corrected chi connectivity index (χ2v) is 12.4. The number of likely N-dealkylation sites (N-methyl/N-ethyl adjacent to an activating group) is 1. The van der Waals surface area contributed by atoms with E-state index >= 15 is 0 Å². The van der Waals surface area contributed by atoms with Crippen molar-refractivity contribution in [2.75, 3.05) is 84.5 Å². The van der Waals surface area contributed by atoms with Gasteiger partial charge in [0, 0.05) is 65.1 Å². The zero-order valence-electron chi connectivity index (χ0n) is 28.0. The second-order valence-electron chi connectivity index (χ2n) is 12.4. The Bertz CT molecular complexity index is 1970. The fraction of sp³-hybridized carbons (Fsp3) is 0.394. The summed E-state index contributed by atoms with van der Waals surface area (Å²) in [5.74, 6) is -0.673. The normalized spacial score (nSPS) is 15.8. The zero-order chi connectivity index (χ0) is 34.6. The summed E-state index contributed by atoms with van der Waals surface area (Å²) in [5, 5.41) is 22.7. The summed E-state index contributed by atoms with van der Waals surface area (Å²) in [6.07, 6.45) is 3.82. The summed E-state index contributed by atoms with van der Waals surface area (Å²) in [6, 6.07) is 11.2. The van der Waals surface area contributed by atoms with Crippen LogP contribution in [-0.4, -0.2) is 152 Å². The minimum atomic E-state index is -0.673. The number of ketones is 1. The number of carbonyl (C=O) groups excluding carboxylic acids is 3. The van der Waals surface area contributed by atoms with Gasteiger partial charge in [-0.3, -0.25) is 19.5 Å². The van der Waals surface area contributed by atoms with Crippen molar-refractivity contribution >= 4 is 34.4 Å². The molecule has 0 radical (unpaired) electrons. The van der Waals surface area contributed by atoms with E-state index < -0.39 is 11.7 Å². The molecule has 6 heterocycles. The summed E-state index contributed by atoms with van der Waals surface area (Å²) < 4.78 is 7.21. The maximum atomic E-state index is 13.7. The molecule has 3 N–H and O–H groups in total. The Morgan fingerprint density at radius 2 is 1.78 bits per heavy atom. The molecule has 0 atom stereocenters. The Hall–Kier alpha value is -5.68. The summed E-state index contributed by atoms with van der Waals surface area (Å²) in [5.41, 5.74) is 2.55. The van der Waals surface area contributed by atoms with Crippen LogP contribution in [0.15, 0.2) is 48.8 Å². The van der Waals surface area contributed by atoms with Crippen LogP contribution >= 0.6 is 0 Å². The number of aromatic nitrogens is 8. The largest absolute Gasteiger partial charge is 0.494 e. The van der Waals surface area contributed by atoms with Crippen LogP contribution in [0, 0.1) is 0 Å². The molecular weight excluding hydrogens is 642 g/mol. The fourth-order valence-electron chi connectivity index (χ4n) is 6.36. The van der Waals surface area contributed by atoms with Gasteiger partial charge in [-0.25, -0.2) is 4.98 Å². The molecule has 2 fully saturated rings. The third-order valence-electron chi connectivity index (χ3n) is 9.23. The molecule has 1 aromatic carbocycles. The highest BCUT2D eigenvalue weighted by molar-refractivity contribution is 6.45. The van der Waals surface area contributed by atoms with Crippen LogP contribution in [0.4, 0.5) is 5.95 Å². The lowest BCUT2D eigenvalue weighted by Gasteiger charge is -2.34. The minimum Gasteiger partial charge on any atom is -0.494 e. The van der Waals surface area contributed by atoms with Crippen molar-refractivity contribution in [1.82, 2.24) is 60.4 Å². The van der Waals surface area contributed by atoms with Gasteiger partial charge in [0.25, 0.3) is 17.6 Å². The molecule has 4 aromatic heterocycles. The van der Waals surface area contributed by atoms with Crippen LogP contribution in [0.5, 0.6) is 5.75 Å². The van der Waals surface area contributed by atoms with Crippen molar-refractivity contribution in [3.63, 3.8) is 0 Å². The molecule has 5 aromatic rings. The Morgan fingerprint density at radius 3 is 2.54 bits per heavy atom. The lowest BCUT2D eigenvalue weighted by Crippen LogP contribution is -2.51. The van der Waals surface area contributed by atoms with Crippen LogP contribution in [0.1, 0.15) is 27.3 Å².